The number of ether oxygens (including phenoxy) is 1. The summed E-state index contributed by atoms with van der Waals surface area (Å²) in [5.74, 6) is 0.543. The summed E-state index contributed by atoms with van der Waals surface area (Å²) in [6.07, 6.45) is 5.60. The Hall–Kier alpha value is -1.72. The minimum Gasteiger partial charge on any atom is -0.444 e. The first-order valence-corrected chi connectivity index (χ1v) is 6.70. The van der Waals surface area contributed by atoms with E-state index < -0.39 is 11.7 Å². The molecule has 1 heterocycles. The lowest BCUT2D eigenvalue weighted by Crippen LogP contribution is -2.28. The van der Waals surface area contributed by atoms with Gasteiger partial charge in [-0.15, -0.1) is 0 Å². The van der Waals surface area contributed by atoms with Crippen LogP contribution in [0, 0.1) is 0 Å². The van der Waals surface area contributed by atoms with Gasteiger partial charge in [0.2, 0.25) is 0 Å². The number of rotatable bonds is 2. The van der Waals surface area contributed by atoms with E-state index in [-0.39, 0.29) is 0 Å². The second-order valence-electron chi connectivity index (χ2n) is 5.96. The van der Waals surface area contributed by atoms with E-state index in [1.54, 1.807) is 6.20 Å². The molecule has 1 aliphatic rings. The lowest BCUT2D eigenvalue weighted by atomic mass is 10.2. The largest absolute Gasteiger partial charge is 0.444 e. The summed E-state index contributed by atoms with van der Waals surface area (Å²) < 4.78 is 7.05. The molecule has 1 aromatic rings. The molecule has 0 spiro atoms. The van der Waals surface area contributed by atoms with Crippen molar-refractivity contribution in [3.05, 3.63) is 6.20 Å². The van der Waals surface area contributed by atoms with Crippen molar-refractivity contribution in [2.75, 3.05) is 11.1 Å². The van der Waals surface area contributed by atoms with E-state index in [1.807, 2.05) is 25.5 Å². The van der Waals surface area contributed by atoms with Gasteiger partial charge in [0.15, 0.2) is 5.82 Å². The van der Waals surface area contributed by atoms with Gasteiger partial charge in [-0.3, -0.25) is 5.32 Å². The van der Waals surface area contributed by atoms with Crippen LogP contribution in [0.3, 0.4) is 0 Å². The third kappa shape index (κ3) is 3.39. The lowest BCUT2D eigenvalue weighted by molar-refractivity contribution is 0.0634. The van der Waals surface area contributed by atoms with E-state index in [0.29, 0.717) is 17.5 Å². The van der Waals surface area contributed by atoms with Gasteiger partial charge in [0, 0.05) is 0 Å². The van der Waals surface area contributed by atoms with Crippen molar-refractivity contribution in [1.29, 1.82) is 0 Å². The average Bonchev–Trinajstić information content (AvgIpc) is 2.87. The maximum Gasteiger partial charge on any atom is 0.413 e. The lowest BCUT2D eigenvalue weighted by Gasteiger charge is -2.21. The summed E-state index contributed by atoms with van der Waals surface area (Å²) in [6.45, 7) is 5.47. The molecule has 0 saturated heterocycles. The highest BCUT2D eigenvalue weighted by atomic mass is 16.6. The monoisotopic (exact) mass is 266 g/mol. The van der Waals surface area contributed by atoms with Crippen molar-refractivity contribution in [3.8, 4) is 0 Å². The second kappa shape index (κ2) is 5.11. The zero-order chi connectivity index (χ0) is 14.0. The number of anilines is 2. The molecule has 1 amide bonds. The van der Waals surface area contributed by atoms with Gasteiger partial charge in [0.05, 0.1) is 17.9 Å². The Morgan fingerprint density at radius 2 is 2.11 bits per heavy atom. The number of carbonyl (C=O) groups is 1. The quantitative estimate of drug-likeness (QED) is 0.862. The first-order valence-electron chi connectivity index (χ1n) is 6.70. The fourth-order valence-corrected chi connectivity index (χ4v) is 2.33. The Balaban J connectivity index is 2.11. The SMILES string of the molecule is CC(C)(C)OC(=O)Nc1c(N)cnn1C1CCCC1. The number of aromatic nitrogens is 2. The van der Waals surface area contributed by atoms with Crippen LogP contribution in [-0.2, 0) is 4.74 Å². The van der Waals surface area contributed by atoms with E-state index in [0.717, 1.165) is 12.8 Å². The van der Waals surface area contributed by atoms with Crippen molar-refractivity contribution in [1.82, 2.24) is 9.78 Å². The van der Waals surface area contributed by atoms with Crippen LogP contribution in [0.2, 0.25) is 0 Å². The molecule has 0 unspecified atom stereocenters. The van der Waals surface area contributed by atoms with Crippen molar-refractivity contribution in [3.63, 3.8) is 0 Å². The molecular weight excluding hydrogens is 244 g/mol. The Bertz CT molecular complexity index is 456. The highest BCUT2D eigenvalue weighted by Crippen LogP contribution is 2.33. The van der Waals surface area contributed by atoms with Crippen LogP contribution < -0.4 is 11.1 Å². The number of carbonyl (C=O) groups excluding carboxylic acids is 1. The zero-order valence-electron chi connectivity index (χ0n) is 11.8. The Labute approximate surface area is 113 Å². The second-order valence-corrected chi connectivity index (χ2v) is 5.96. The van der Waals surface area contributed by atoms with Crippen molar-refractivity contribution >= 4 is 17.6 Å². The van der Waals surface area contributed by atoms with Gasteiger partial charge in [0.25, 0.3) is 0 Å². The van der Waals surface area contributed by atoms with Crippen LogP contribution in [0.5, 0.6) is 0 Å². The Morgan fingerprint density at radius 3 is 2.68 bits per heavy atom. The molecule has 0 atom stereocenters. The Morgan fingerprint density at radius 1 is 1.47 bits per heavy atom. The van der Waals surface area contributed by atoms with Crippen LogP contribution in [0.25, 0.3) is 0 Å². The fraction of sp³-hybridized carbons (Fsp3) is 0.692. The summed E-state index contributed by atoms with van der Waals surface area (Å²) in [5, 5.41) is 6.98. The van der Waals surface area contributed by atoms with Crippen molar-refractivity contribution in [2.24, 2.45) is 0 Å². The number of hydrogen-bond donors (Lipinski definition) is 2. The predicted molar refractivity (Wildman–Crippen MR) is 74.0 cm³/mol. The molecule has 3 N–H and O–H groups in total. The average molecular weight is 266 g/mol. The van der Waals surface area contributed by atoms with Gasteiger partial charge >= 0.3 is 6.09 Å². The highest BCUT2D eigenvalue weighted by Gasteiger charge is 2.24. The molecule has 1 aromatic heterocycles. The molecule has 0 bridgehead atoms. The molecule has 2 rings (SSSR count). The summed E-state index contributed by atoms with van der Waals surface area (Å²) in [5.41, 5.74) is 5.81. The molecule has 1 fully saturated rings. The van der Waals surface area contributed by atoms with Crippen molar-refractivity contribution < 1.29 is 9.53 Å². The molecular formula is C13H22N4O2. The molecule has 0 aliphatic heterocycles. The Kier molecular flexibility index (Phi) is 3.68. The molecule has 0 aromatic carbocycles. The van der Waals surface area contributed by atoms with Crippen LogP contribution in [0.15, 0.2) is 6.20 Å². The highest BCUT2D eigenvalue weighted by molar-refractivity contribution is 5.87. The number of nitrogens with one attached hydrogen (secondary N) is 1. The summed E-state index contributed by atoms with van der Waals surface area (Å²) in [6, 6.07) is 0.322. The van der Waals surface area contributed by atoms with Crippen LogP contribution in [0.1, 0.15) is 52.5 Å². The fourth-order valence-electron chi connectivity index (χ4n) is 2.33. The van der Waals surface area contributed by atoms with Gasteiger partial charge in [-0.25, -0.2) is 9.48 Å². The minimum absolute atomic E-state index is 0.322. The molecule has 19 heavy (non-hydrogen) atoms. The molecule has 1 aliphatic carbocycles. The van der Waals surface area contributed by atoms with E-state index in [2.05, 4.69) is 10.4 Å². The first-order chi connectivity index (χ1) is 8.87. The summed E-state index contributed by atoms with van der Waals surface area (Å²) in [4.78, 5) is 11.8. The topological polar surface area (TPSA) is 82.2 Å². The van der Waals surface area contributed by atoms with Crippen LogP contribution >= 0.6 is 0 Å². The van der Waals surface area contributed by atoms with Gasteiger partial charge in [0.1, 0.15) is 5.60 Å². The smallest absolute Gasteiger partial charge is 0.413 e. The van der Waals surface area contributed by atoms with Gasteiger partial charge in [-0.2, -0.15) is 5.10 Å². The predicted octanol–water partition coefficient (Wildman–Crippen LogP) is 2.93. The van der Waals surface area contributed by atoms with Gasteiger partial charge < -0.3 is 10.5 Å². The minimum atomic E-state index is -0.531. The number of nitrogens with two attached hydrogens (primary N) is 1. The standard InChI is InChI=1S/C13H22N4O2/c1-13(2,3)19-12(18)16-11-10(14)8-15-17(11)9-6-4-5-7-9/h8-9H,4-7,14H2,1-3H3,(H,16,18). The zero-order valence-corrected chi connectivity index (χ0v) is 11.8. The molecule has 0 radical (unpaired) electrons. The third-order valence-corrected chi connectivity index (χ3v) is 3.11. The van der Waals surface area contributed by atoms with Gasteiger partial charge in [-0.05, 0) is 33.6 Å². The van der Waals surface area contributed by atoms with Gasteiger partial charge in [-0.1, -0.05) is 12.8 Å². The van der Waals surface area contributed by atoms with Crippen LogP contribution in [-0.4, -0.2) is 21.5 Å². The molecule has 106 valence electrons. The number of amides is 1. The van der Waals surface area contributed by atoms with Crippen LogP contribution in [0.4, 0.5) is 16.3 Å². The number of nitrogen functional groups attached to an aromatic ring is 1. The van der Waals surface area contributed by atoms with E-state index in [9.17, 15) is 4.79 Å². The first kappa shape index (κ1) is 13.7. The maximum absolute atomic E-state index is 11.8. The molecule has 1 saturated carbocycles. The summed E-state index contributed by atoms with van der Waals surface area (Å²) >= 11 is 0. The van der Waals surface area contributed by atoms with E-state index in [1.165, 1.54) is 12.8 Å². The maximum atomic E-state index is 11.8. The van der Waals surface area contributed by atoms with E-state index in [4.69, 9.17) is 10.5 Å². The molecule has 6 nitrogen and oxygen atoms in total. The normalized spacial score (nSPS) is 16.6. The van der Waals surface area contributed by atoms with Crippen molar-refractivity contribution in [2.45, 2.75) is 58.1 Å². The van der Waals surface area contributed by atoms with E-state index >= 15 is 0 Å². The molecule has 6 heteroatoms. The number of hydrogen-bond acceptors (Lipinski definition) is 4. The summed E-state index contributed by atoms with van der Waals surface area (Å²) in [7, 11) is 0. The number of nitrogens with zero attached hydrogens (tertiary/aromatic N) is 2. The third-order valence-electron chi connectivity index (χ3n) is 3.11.